The fraction of sp³-hybridized carbons (Fsp3) is 0.138. The molecule has 3 N–H and O–H groups in total. The first kappa shape index (κ1) is 25.2. The first-order chi connectivity index (χ1) is 18.1. The number of ether oxygens (including phenoxy) is 2. The molecule has 4 rings (SSSR count). The van der Waals surface area contributed by atoms with E-state index in [-0.39, 0.29) is 25.5 Å². The van der Waals surface area contributed by atoms with E-state index in [0.29, 0.717) is 23.7 Å². The summed E-state index contributed by atoms with van der Waals surface area (Å²) in [4.78, 5) is 36.3. The lowest BCUT2D eigenvalue weighted by molar-refractivity contribution is -0.129. The molecule has 37 heavy (non-hydrogen) atoms. The molecular formula is C29H27N3O5. The van der Waals surface area contributed by atoms with Crippen LogP contribution in [0.5, 0.6) is 11.5 Å². The number of nitrogens with one attached hydrogen (secondary N) is 3. The third kappa shape index (κ3) is 7.83. The number of benzene rings is 4. The van der Waals surface area contributed by atoms with Gasteiger partial charge in [0.05, 0.1) is 0 Å². The molecule has 8 nitrogen and oxygen atoms in total. The lowest BCUT2D eigenvalue weighted by Gasteiger charge is -2.10. The SMILES string of the molecule is O=C(CCNC(=O)c1ccc2ccccc2c1)NNC(=O)COc1ccc(OCc2ccccc2)cc1. The van der Waals surface area contributed by atoms with Crippen molar-refractivity contribution >= 4 is 28.5 Å². The molecule has 0 atom stereocenters. The van der Waals surface area contributed by atoms with Crippen LogP contribution in [0.2, 0.25) is 0 Å². The monoisotopic (exact) mass is 497 g/mol. The van der Waals surface area contributed by atoms with Gasteiger partial charge in [-0.2, -0.15) is 0 Å². The topological polar surface area (TPSA) is 106 Å². The van der Waals surface area contributed by atoms with E-state index in [9.17, 15) is 14.4 Å². The van der Waals surface area contributed by atoms with Gasteiger partial charge in [-0.15, -0.1) is 0 Å². The predicted molar refractivity (Wildman–Crippen MR) is 140 cm³/mol. The summed E-state index contributed by atoms with van der Waals surface area (Å²) in [5.41, 5.74) is 6.18. The molecule has 4 aromatic carbocycles. The Morgan fingerprint density at radius 1 is 0.649 bits per heavy atom. The minimum atomic E-state index is -0.516. The highest BCUT2D eigenvalue weighted by molar-refractivity contribution is 5.98. The number of carbonyl (C=O) groups is 3. The Morgan fingerprint density at radius 2 is 1.30 bits per heavy atom. The zero-order chi connectivity index (χ0) is 25.9. The first-order valence-corrected chi connectivity index (χ1v) is 11.8. The van der Waals surface area contributed by atoms with Crippen LogP contribution in [0.1, 0.15) is 22.3 Å². The van der Waals surface area contributed by atoms with Gasteiger partial charge in [0, 0.05) is 18.5 Å². The summed E-state index contributed by atoms with van der Waals surface area (Å²) in [6, 6.07) is 29.9. The molecule has 0 saturated carbocycles. The molecule has 0 aromatic heterocycles. The second kappa shape index (κ2) is 12.7. The quantitative estimate of drug-likeness (QED) is 0.289. The summed E-state index contributed by atoms with van der Waals surface area (Å²) in [7, 11) is 0. The summed E-state index contributed by atoms with van der Waals surface area (Å²) in [6.45, 7) is 0.308. The maximum Gasteiger partial charge on any atom is 0.276 e. The smallest absolute Gasteiger partial charge is 0.276 e. The minimum Gasteiger partial charge on any atom is -0.489 e. The Labute approximate surface area is 214 Å². The van der Waals surface area contributed by atoms with Crippen molar-refractivity contribution in [1.82, 2.24) is 16.2 Å². The largest absolute Gasteiger partial charge is 0.489 e. The maximum atomic E-state index is 12.3. The second-order valence-electron chi connectivity index (χ2n) is 8.20. The van der Waals surface area contributed by atoms with Gasteiger partial charge in [0.15, 0.2) is 6.61 Å². The zero-order valence-corrected chi connectivity index (χ0v) is 20.1. The lowest BCUT2D eigenvalue weighted by atomic mass is 10.1. The van der Waals surface area contributed by atoms with Crippen molar-refractivity contribution in [2.24, 2.45) is 0 Å². The molecular weight excluding hydrogens is 470 g/mol. The molecule has 0 bridgehead atoms. The first-order valence-electron chi connectivity index (χ1n) is 11.8. The van der Waals surface area contributed by atoms with E-state index in [0.717, 1.165) is 16.3 Å². The van der Waals surface area contributed by atoms with E-state index in [4.69, 9.17) is 9.47 Å². The van der Waals surface area contributed by atoms with E-state index < -0.39 is 11.8 Å². The standard InChI is InChI=1S/C29H27N3O5/c33-27(16-17-30-29(35)24-11-10-22-8-4-5-9-23(22)18-24)31-32-28(34)20-37-26-14-12-25(13-15-26)36-19-21-6-2-1-3-7-21/h1-15,18H,16-17,19-20H2,(H,30,35)(H,31,33)(H,32,34). The van der Waals surface area contributed by atoms with Crippen LogP contribution in [0.4, 0.5) is 0 Å². The fourth-order valence-electron chi connectivity index (χ4n) is 3.48. The molecule has 3 amide bonds. The third-order valence-electron chi connectivity index (χ3n) is 5.43. The van der Waals surface area contributed by atoms with Crippen LogP contribution in [0.25, 0.3) is 10.8 Å². The number of carbonyl (C=O) groups excluding carboxylic acids is 3. The van der Waals surface area contributed by atoms with E-state index >= 15 is 0 Å². The summed E-state index contributed by atoms with van der Waals surface area (Å²) in [5, 5.41) is 4.71. The maximum absolute atomic E-state index is 12.3. The highest BCUT2D eigenvalue weighted by atomic mass is 16.5. The van der Waals surface area contributed by atoms with Gasteiger partial charge in [-0.1, -0.05) is 60.7 Å². The summed E-state index contributed by atoms with van der Waals surface area (Å²) < 4.78 is 11.2. The van der Waals surface area contributed by atoms with Gasteiger partial charge in [-0.05, 0) is 52.7 Å². The van der Waals surface area contributed by atoms with Gasteiger partial charge in [-0.25, -0.2) is 0 Å². The number of hydrogen-bond acceptors (Lipinski definition) is 5. The number of hydrogen-bond donors (Lipinski definition) is 3. The van der Waals surface area contributed by atoms with E-state index in [2.05, 4.69) is 16.2 Å². The van der Waals surface area contributed by atoms with Crippen LogP contribution < -0.4 is 25.6 Å². The average Bonchev–Trinajstić information content (AvgIpc) is 2.94. The summed E-state index contributed by atoms with van der Waals surface area (Å²) in [5.74, 6) is -0.0527. The normalized spacial score (nSPS) is 10.4. The van der Waals surface area contributed by atoms with Crippen molar-refractivity contribution in [2.45, 2.75) is 13.0 Å². The Balaban J connectivity index is 1.11. The van der Waals surface area contributed by atoms with Crippen molar-refractivity contribution in [2.75, 3.05) is 13.2 Å². The minimum absolute atomic E-state index is 0.00486. The Hall–Kier alpha value is -4.85. The van der Waals surface area contributed by atoms with Crippen LogP contribution in [0.3, 0.4) is 0 Å². The molecule has 0 saturated heterocycles. The molecule has 8 heteroatoms. The zero-order valence-electron chi connectivity index (χ0n) is 20.1. The second-order valence-corrected chi connectivity index (χ2v) is 8.20. The van der Waals surface area contributed by atoms with E-state index in [1.807, 2.05) is 60.7 Å². The van der Waals surface area contributed by atoms with Crippen molar-refractivity contribution in [3.05, 3.63) is 108 Å². The predicted octanol–water partition coefficient (Wildman–Crippen LogP) is 3.77. The van der Waals surface area contributed by atoms with Crippen molar-refractivity contribution in [3.8, 4) is 11.5 Å². The average molecular weight is 498 g/mol. The molecule has 0 aliphatic rings. The van der Waals surface area contributed by atoms with Crippen molar-refractivity contribution in [1.29, 1.82) is 0 Å². The molecule has 0 unspecified atom stereocenters. The molecule has 0 radical (unpaired) electrons. The highest BCUT2D eigenvalue weighted by Crippen LogP contribution is 2.19. The van der Waals surface area contributed by atoms with E-state index in [1.54, 1.807) is 36.4 Å². The van der Waals surface area contributed by atoms with Crippen LogP contribution in [-0.2, 0) is 16.2 Å². The van der Waals surface area contributed by atoms with Crippen LogP contribution in [0, 0.1) is 0 Å². The van der Waals surface area contributed by atoms with Crippen LogP contribution in [0.15, 0.2) is 97.1 Å². The van der Waals surface area contributed by atoms with Gasteiger partial charge in [0.25, 0.3) is 11.8 Å². The number of hydrazine groups is 1. The highest BCUT2D eigenvalue weighted by Gasteiger charge is 2.09. The lowest BCUT2D eigenvalue weighted by Crippen LogP contribution is -2.44. The molecule has 0 spiro atoms. The van der Waals surface area contributed by atoms with Crippen molar-refractivity contribution in [3.63, 3.8) is 0 Å². The van der Waals surface area contributed by atoms with E-state index in [1.165, 1.54) is 0 Å². The van der Waals surface area contributed by atoms with Crippen LogP contribution >= 0.6 is 0 Å². The molecule has 4 aromatic rings. The molecule has 188 valence electrons. The number of amides is 3. The molecule has 0 aliphatic carbocycles. The summed E-state index contributed by atoms with van der Waals surface area (Å²) in [6.07, 6.45) is 0.00486. The Kier molecular flexibility index (Phi) is 8.69. The van der Waals surface area contributed by atoms with Crippen molar-refractivity contribution < 1.29 is 23.9 Å². The number of rotatable bonds is 10. The molecule has 0 heterocycles. The third-order valence-corrected chi connectivity index (χ3v) is 5.43. The Morgan fingerprint density at radius 3 is 2.05 bits per heavy atom. The van der Waals surface area contributed by atoms with Gasteiger partial charge < -0.3 is 14.8 Å². The van der Waals surface area contributed by atoms with Gasteiger partial charge in [0.2, 0.25) is 5.91 Å². The molecule has 0 aliphatic heterocycles. The summed E-state index contributed by atoms with van der Waals surface area (Å²) >= 11 is 0. The van der Waals surface area contributed by atoms with Gasteiger partial charge in [-0.3, -0.25) is 25.2 Å². The molecule has 0 fully saturated rings. The fourth-order valence-corrected chi connectivity index (χ4v) is 3.48. The van der Waals surface area contributed by atoms with Gasteiger partial charge in [0.1, 0.15) is 18.1 Å². The Bertz CT molecular complexity index is 1360. The van der Waals surface area contributed by atoms with Gasteiger partial charge >= 0.3 is 0 Å². The number of fused-ring (bicyclic) bond motifs is 1. The van der Waals surface area contributed by atoms with Crippen LogP contribution in [-0.4, -0.2) is 30.9 Å².